The SMILES string of the molecule is O=C(O[C@H]1C[N+]2(CCOc3ccccc3)CCC1CC2)[C@@](O)(c1cccs1)C1CCCC1.O=C(O[C@H]1C[N+]2(CCc3ccccc3)CCC1CC2)[C@@](O)(c1cccs1)C1CCCC1.O=C([O-])C(F)(F)F.O=C([O-])C(F)(F)F. The summed E-state index contributed by atoms with van der Waals surface area (Å²) in [5.41, 5.74) is -1.60. The molecule has 4 atom stereocenters. The Hall–Kier alpha value is -5.06. The Morgan fingerprint density at radius 1 is 0.545 bits per heavy atom. The van der Waals surface area contributed by atoms with E-state index in [1.54, 1.807) is 0 Å². The third-order valence-electron chi connectivity index (χ3n) is 16.7. The highest BCUT2D eigenvalue weighted by molar-refractivity contribution is 7.10. The molecule has 13 nitrogen and oxygen atoms in total. The number of quaternary nitrogens is 2. The predicted octanol–water partition coefficient (Wildman–Crippen LogP) is 7.48. The Morgan fingerprint density at radius 3 is 1.29 bits per heavy atom. The smallest absolute Gasteiger partial charge is 0.430 e. The molecule has 8 heterocycles. The molecule has 0 unspecified atom stereocenters. The van der Waals surface area contributed by atoms with Gasteiger partial charge in [-0.2, -0.15) is 26.3 Å². The summed E-state index contributed by atoms with van der Waals surface area (Å²) >= 11 is 2.93. The lowest BCUT2D eigenvalue weighted by atomic mass is 9.81. The summed E-state index contributed by atoms with van der Waals surface area (Å²) in [6.45, 7) is 9.02. The molecule has 12 rings (SSSR count). The van der Waals surface area contributed by atoms with Crippen LogP contribution < -0.4 is 14.9 Å². The number of para-hydroxylation sites is 1. The highest BCUT2D eigenvalue weighted by Gasteiger charge is 2.55. The molecule has 21 heteroatoms. The second-order valence-electron chi connectivity index (χ2n) is 21.4. The van der Waals surface area contributed by atoms with Gasteiger partial charge in [0.25, 0.3) is 0 Å². The van der Waals surface area contributed by atoms with E-state index in [1.807, 2.05) is 65.4 Å². The van der Waals surface area contributed by atoms with Crippen LogP contribution in [0.2, 0.25) is 0 Å². The summed E-state index contributed by atoms with van der Waals surface area (Å²) < 4.78 is 83.5. The lowest BCUT2D eigenvalue weighted by Crippen LogP contribution is -2.65. The van der Waals surface area contributed by atoms with Crippen molar-refractivity contribution >= 4 is 46.6 Å². The number of carbonyl (C=O) groups excluding carboxylic acids is 4. The minimum absolute atomic E-state index is 0.0269. The van der Waals surface area contributed by atoms with Crippen molar-refractivity contribution in [2.45, 2.75) is 119 Å². The number of halogens is 6. The van der Waals surface area contributed by atoms with Crippen LogP contribution in [0.15, 0.2) is 95.7 Å². The molecule has 2 aliphatic carbocycles. The molecular formula is C56H68F6N2O11S2. The number of carbonyl (C=O) groups is 4. The van der Waals surface area contributed by atoms with E-state index in [-0.39, 0.29) is 24.0 Å². The number of nitrogens with zero attached hydrogens (tertiary/aromatic N) is 2. The molecule has 2 saturated carbocycles. The number of esters is 2. The van der Waals surface area contributed by atoms with E-state index in [9.17, 15) is 46.1 Å². The first-order chi connectivity index (χ1) is 36.6. The quantitative estimate of drug-likeness (QED) is 0.0685. The molecular weight excluding hydrogens is 1050 g/mol. The first kappa shape index (κ1) is 59.6. The monoisotopic (exact) mass is 1120 g/mol. The number of hydrogen-bond donors (Lipinski definition) is 2. The number of carboxylic acid groups (broad SMARTS) is 2. The number of ether oxygens (including phenoxy) is 3. The zero-order valence-electron chi connectivity index (χ0n) is 42.8. The number of rotatable bonds is 15. The van der Waals surface area contributed by atoms with E-state index in [2.05, 4.69) is 30.3 Å². The van der Waals surface area contributed by atoms with Gasteiger partial charge < -0.3 is 53.2 Å². The first-order valence-corrected chi connectivity index (χ1v) is 28.3. The summed E-state index contributed by atoms with van der Waals surface area (Å²) in [7, 11) is 0. The van der Waals surface area contributed by atoms with Crippen LogP contribution in [-0.2, 0) is 46.3 Å². The average molecular weight is 1120 g/mol. The molecule has 6 saturated heterocycles. The van der Waals surface area contributed by atoms with Gasteiger partial charge in [0.1, 0.15) is 43.9 Å². The lowest BCUT2D eigenvalue weighted by Gasteiger charge is -2.52. The Bertz CT molecular complexity index is 2470. The summed E-state index contributed by atoms with van der Waals surface area (Å²) in [4.78, 5) is 46.1. The fourth-order valence-electron chi connectivity index (χ4n) is 12.3. The van der Waals surface area contributed by atoms with Crippen molar-refractivity contribution in [2.75, 3.05) is 59.0 Å². The Kier molecular flexibility index (Phi) is 20.0. The number of hydrogen-bond acceptors (Lipinski definition) is 13. The van der Waals surface area contributed by atoms with Gasteiger partial charge in [0.15, 0.2) is 23.4 Å². The molecule has 6 aliphatic heterocycles. The van der Waals surface area contributed by atoms with Crippen molar-refractivity contribution < 1.29 is 89.1 Å². The predicted molar refractivity (Wildman–Crippen MR) is 269 cm³/mol. The lowest BCUT2D eigenvalue weighted by molar-refractivity contribution is -0.946. The maximum Gasteiger partial charge on any atom is 0.430 e. The van der Waals surface area contributed by atoms with Gasteiger partial charge in [-0.25, -0.2) is 9.59 Å². The van der Waals surface area contributed by atoms with E-state index in [0.717, 1.165) is 147 Å². The van der Waals surface area contributed by atoms with E-state index >= 15 is 0 Å². The van der Waals surface area contributed by atoms with Crippen molar-refractivity contribution in [2.24, 2.45) is 23.7 Å². The zero-order valence-corrected chi connectivity index (χ0v) is 44.4. The van der Waals surface area contributed by atoms with Gasteiger partial charge in [0.2, 0.25) is 0 Å². The topological polar surface area (TPSA) is 183 Å². The summed E-state index contributed by atoms with van der Waals surface area (Å²) in [6.07, 6.45) is 2.73. The number of aliphatic hydroxyl groups is 2. The highest BCUT2D eigenvalue weighted by Crippen LogP contribution is 2.46. The summed E-state index contributed by atoms with van der Waals surface area (Å²) in [5, 5.41) is 44.8. The van der Waals surface area contributed by atoms with Crippen LogP contribution in [0.3, 0.4) is 0 Å². The van der Waals surface area contributed by atoms with Gasteiger partial charge in [-0.05, 0) is 66.3 Å². The van der Waals surface area contributed by atoms with Crippen LogP contribution in [0.25, 0.3) is 0 Å². The number of alkyl halides is 6. The molecule has 77 heavy (non-hydrogen) atoms. The standard InChI is InChI=1S/C26H34NO4S.C26H34NO3S.2C2HF3O2/c28-25(26(29,21-7-4-5-8-21)24-11-6-18-32-24)31-23-19-27(14-12-20(23)13-15-27)16-17-30-22-9-2-1-3-10-22;28-25(26(29,22-9-4-5-10-22)24-11-6-18-31-24)30-23-19-27(16-13-21(23)14-17-27)15-12-20-7-2-1-3-8-20;2*3-2(4,5)1(6)7/h1-3,6,9-11,18,20-21,23,29H,4-5,7-8,12-17,19H2;1-3,6-8,11,18,21-23,29H,4-5,9-10,12-17,19H2;2*(H,6,7)/q2*+1;;/p-2/t20?,23-,26-,27?;21?,23-,26-,27?;;/m00../s1. The average Bonchev–Trinajstić information content (AvgIpc) is 4.29. The second-order valence-corrected chi connectivity index (χ2v) is 23.3. The number of benzene rings is 2. The van der Waals surface area contributed by atoms with Crippen molar-refractivity contribution in [1.29, 1.82) is 0 Å². The second kappa shape index (κ2) is 25.8. The minimum Gasteiger partial charge on any atom is -0.542 e. The van der Waals surface area contributed by atoms with Crippen molar-refractivity contribution in [3.8, 4) is 5.75 Å². The molecule has 0 amide bonds. The number of carboxylic acids is 2. The van der Waals surface area contributed by atoms with Crippen LogP contribution in [0.4, 0.5) is 26.3 Å². The molecule has 4 aromatic rings. The molecule has 0 radical (unpaired) electrons. The van der Waals surface area contributed by atoms with Crippen LogP contribution in [0, 0.1) is 23.7 Å². The van der Waals surface area contributed by atoms with Gasteiger partial charge in [-0.3, -0.25) is 0 Å². The van der Waals surface area contributed by atoms with Gasteiger partial charge >= 0.3 is 24.3 Å². The third-order valence-corrected chi connectivity index (χ3v) is 18.7. The highest BCUT2D eigenvalue weighted by atomic mass is 32.1. The largest absolute Gasteiger partial charge is 0.542 e. The van der Waals surface area contributed by atoms with Crippen molar-refractivity contribution in [3.63, 3.8) is 0 Å². The Morgan fingerprint density at radius 2 is 0.922 bits per heavy atom. The zero-order chi connectivity index (χ0) is 55.5. The number of thiophene rings is 2. The fraction of sp³-hybridized carbons (Fsp3) is 0.571. The molecule has 2 aromatic carbocycles. The van der Waals surface area contributed by atoms with Gasteiger partial charge in [0, 0.05) is 65.5 Å². The van der Waals surface area contributed by atoms with E-state index in [1.165, 1.54) is 41.3 Å². The minimum atomic E-state index is -5.19. The van der Waals surface area contributed by atoms with Gasteiger partial charge in [-0.15, -0.1) is 22.7 Å². The fourth-order valence-corrected chi connectivity index (χ4v) is 14.1. The Labute approximate surface area is 452 Å². The normalized spacial score (nSPS) is 26.5. The molecule has 8 fully saturated rings. The molecule has 8 aliphatic rings. The van der Waals surface area contributed by atoms with Crippen molar-refractivity contribution in [3.05, 3.63) is 111 Å². The van der Waals surface area contributed by atoms with Crippen LogP contribution >= 0.6 is 22.7 Å². The molecule has 0 spiro atoms. The molecule has 422 valence electrons. The number of aliphatic carboxylic acids is 2. The summed E-state index contributed by atoms with van der Waals surface area (Å²) in [6, 6.07) is 28.2. The van der Waals surface area contributed by atoms with Gasteiger partial charge in [-0.1, -0.05) is 86.3 Å². The van der Waals surface area contributed by atoms with E-state index in [0.29, 0.717) is 18.4 Å². The molecule has 2 aromatic heterocycles. The van der Waals surface area contributed by atoms with Crippen LogP contribution in [0.5, 0.6) is 5.75 Å². The third kappa shape index (κ3) is 15.0. The number of piperidine rings is 6. The van der Waals surface area contributed by atoms with E-state index in [4.69, 9.17) is 34.0 Å². The molecule has 4 bridgehead atoms. The summed E-state index contributed by atoms with van der Waals surface area (Å²) in [5.74, 6) is -5.16. The maximum absolute atomic E-state index is 13.5. The van der Waals surface area contributed by atoms with E-state index < -0.39 is 47.4 Å². The molecule has 2 N–H and O–H groups in total. The van der Waals surface area contributed by atoms with Crippen LogP contribution in [-0.4, -0.2) is 127 Å². The van der Waals surface area contributed by atoms with Crippen molar-refractivity contribution in [1.82, 2.24) is 0 Å². The number of fused-ring (bicyclic) bond motifs is 6. The van der Waals surface area contributed by atoms with Crippen LogP contribution in [0.1, 0.15) is 92.4 Å². The Balaban J connectivity index is 0.000000180. The van der Waals surface area contributed by atoms with Gasteiger partial charge in [0.05, 0.1) is 32.7 Å². The first-order valence-electron chi connectivity index (χ1n) is 26.5. The maximum atomic E-state index is 13.5.